The lowest BCUT2D eigenvalue weighted by molar-refractivity contribution is 0.480. The van der Waals surface area contributed by atoms with Gasteiger partial charge in [-0.05, 0) is 36.6 Å². The zero-order valence-electron chi connectivity index (χ0n) is 6.62. The van der Waals surface area contributed by atoms with Crippen molar-refractivity contribution in [3.05, 3.63) is 34.6 Å². The van der Waals surface area contributed by atoms with Crippen LogP contribution in [0.4, 0.5) is 8.78 Å². The molecule has 0 aromatic heterocycles. The van der Waals surface area contributed by atoms with E-state index < -0.39 is 6.67 Å². The predicted octanol–water partition coefficient (Wildman–Crippen LogP) is 2.91. The second kappa shape index (κ2) is 2.99. The van der Waals surface area contributed by atoms with E-state index in [4.69, 9.17) is 0 Å². The van der Waals surface area contributed by atoms with Gasteiger partial charge in [0.2, 0.25) is 0 Å². The maximum atomic E-state index is 12.8. The van der Waals surface area contributed by atoms with Gasteiger partial charge in [0.15, 0.2) is 0 Å². The van der Waals surface area contributed by atoms with Gasteiger partial charge in [-0.3, -0.25) is 0 Å². The standard InChI is InChI=1S/C9H10F2/c1-6-3-7(2)9(11)4-8(6)5-10/h3-4H,5H2,1-2H3. The lowest BCUT2D eigenvalue weighted by Crippen LogP contribution is -1.90. The fourth-order valence-corrected chi connectivity index (χ4v) is 1.01. The average molecular weight is 156 g/mol. The fourth-order valence-electron chi connectivity index (χ4n) is 1.01. The quantitative estimate of drug-likeness (QED) is 0.586. The first-order chi connectivity index (χ1) is 5.15. The lowest BCUT2D eigenvalue weighted by atomic mass is 10.1. The van der Waals surface area contributed by atoms with E-state index in [0.717, 1.165) is 5.56 Å². The number of alkyl halides is 1. The summed E-state index contributed by atoms with van der Waals surface area (Å²) in [5.41, 5.74) is 1.82. The highest BCUT2D eigenvalue weighted by Gasteiger charge is 2.02. The van der Waals surface area contributed by atoms with Crippen molar-refractivity contribution in [2.45, 2.75) is 20.5 Å². The third-order valence-corrected chi connectivity index (χ3v) is 1.76. The Labute approximate surface area is 64.9 Å². The predicted molar refractivity (Wildman–Crippen MR) is 40.7 cm³/mol. The zero-order valence-corrected chi connectivity index (χ0v) is 6.62. The fraction of sp³-hybridized carbons (Fsp3) is 0.333. The summed E-state index contributed by atoms with van der Waals surface area (Å²) in [4.78, 5) is 0. The summed E-state index contributed by atoms with van der Waals surface area (Å²) in [5, 5.41) is 0. The first kappa shape index (κ1) is 8.18. The van der Waals surface area contributed by atoms with Crippen LogP contribution in [-0.2, 0) is 6.67 Å². The Bertz CT molecular complexity index is 267. The van der Waals surface area contributed by atoms with Gasteiger partial charge in [-0.1, -0.05) is 6.07 Å². The normalized spacial score (nSPS) is 10.2. The molecular weight excluding hydrogens is 146 g/mol. The minimum atomic E-state index is -0.594. The van der Waals surface area contributed by atoms with Crippen LogP contribution in [0.25, 0.3) is 0 Å². The van der Waals surface area contributed by atoms with Crippen molar-refractivity contribution >= 4 is 0 Å². The van der Waals surface area contributed by atoms with Crippen LogP contribution in [0.15, 0.2) is 12.1 Å². The summed E-state index contributed by atoms with van der Waals surface area (Å²) in [6.45, 7) is 2.86. The second-order valence-corrected chi connectivity index (χ2v) is 2.66. The number of halogens is 2. The summed E-state index contributed by atoms with van der Waals surface area (Å²) in [5.74, 6) is -0.330. The molecule has 0 bridgehead atoms. The smallest absolute Gasteiger partial charge is 0.126 e. The number of hydrogen-bond donors (Lipinski definition) is 0. The Morgan fingerprint density at radius 2 is 1.82 bits per heavy atom. The van der Waals surface area contributed by atoms with Gasteiger partial charge in [0.05, 0.1) is 0 Å². The van der Waals surface area contributed by atoms with Crippen LogP contribution in [0.1, 0.15) is 16.7 Å². The molecule has 1 rings (SSSR count). The van der Waals surface area contributed by atoms with Crippen molar-refractivity contribution in [3.8, 4) is 0 Å². The van der Waals surface area contributed by atoms with Crippen LogP contribution in [0.5, 0.6) is 0 Å². The first-order valence-electron chi connectivity index (χ1n) is 3.46. The van der Waals surface area contributed by atoms with E-state index in [2.05, 4.69) is 0 Å². The van der Waals surface area contributed by atoms with Crippen LogP contribution in [-0.4, -0.2) is 0 Å². The van der Waals surface area contributed by atoms with E-state index in [-0.39, 0.29) is 5.82 Å². The Morgan fingerprint density at radius 3 is 2.36 bits per heavy atom. The molecule has 0 N–H and O–H groups in total. The van der Waals surface area contributed by atoms with Gasteiger partial charge in [0.25, 0.3) is 0 Å². The SMILES string of the molecule is Cc1cc(C)c(CF)cc1F. The van der Waals surface area contributed by atoms with E-state index >= 15 is 0 Å². The molecule has 60 valence electrons. The summed E-state index contributed by atoms with van der Waals surface area (Å²) in [7, 11) is 0. The van der Waals surface area contributed by atoms with Gasteiger partial charge < -0.3 is 0 Å². The summed E-state index contributed by atoms with van der Waals surface area (Å²) in [6.07, 6.45) is 0. The van der Waals surface area contributed by atoms with E-state index in [0.29, 0.717) is 11.1 Å². The van der Waals surface area contributed by atoms with E-state index in [1.165, 1.54) is 6.07 Å². The molecule has 0 unspecified atom stereocenters. The Hall–Kier alpha value is -0.920. The van der Waals surface area contributed by atoms with Crippen LogP contribution in [0.2, 0.25) is 0 Å². The van der Waals surface area contributed by atoms with Crippen molar-refractivity contribution in [1.29, 1.82) is 0 Å². The maximum Gasteiger partial charge on any atom is 0.126 e. The van der Waals surface area contributed by atoms with E-state index in [9.17, 15) is 8.78 Å². The minimum absolute atomic E-state index is 0.330. The second-order valence-electron chi connectivity index (χ2n) is 2.66. The Morgan fingerprint density at radius 1 is 1.18 bits per heavy atom. The molecule has 1 aromatic carbocycles. The van der Waals surface area contributed by atoms with Crippen molar-refractivity contribution in [2.24, 2.45) is 0 Å². The molecule has 0 aliphatic heterocycles. The molecule has 0 nitrogen and oxygen atoms in total. The van der Waals surface area contributed by atoms with Crippen molar-refractivity contribution in [2.75, 3.05) is 0 Å². The third kappa shape index (κ3) is 1.56. The van der Waals surface area contributed by atoms with Crippen LogP contribution in [0.3, 0.4) is 0 Å². The van der Waals surface area contributed by atoms with Gasteiger partial charge >= 0.3 is 0 Å². The molecule has 0 spiro atoms. The van der Waals surface area contributed by atoms with Gasteiger partial charge in [-0.15, -0.1) is 0 Å². The first-order valence-corrected chi connectivity index (χ1v) is 3.46. The Kier molecular flexibility index (Phi) is 2.22. The maximum absolute atomic E-state index is 12.8. The average Bonchev–Trinajstić information content (AvgIpc) is 1.97. The van der Waals surface area contributed by atoms with Crippen molar-refractivity contribution in [3.63, 3.8) is 0 Å². The molecule has 0 amide bonds. The van der Waals surface area contributed by atoms with Crippen LogP contribution in [0, 0.1) is 19.7 Å². The number of hydrogen-bond acceptors (Lipinski definition) is 0. The number of rotatable bonds is 1. The number of aryl methyl sites for hydroxylation is 2. The molecule has 1 aromatic rings. The monoisotopic (exact) mass is 156 g/mol. The summed E-state index contributed by atoms with van der Waals surface area (Å²) in [6, 6.07) is 2.91. The molecule has 0 saturated heterocycles. The van der Waals surface area contributed by atoms with Gasteiger partial charge in [-0.25, -0.2) is 8.78 Å². The largest absolute Gasteiger partial charge is 0.246 e. The highest BCUT2D eigenvalue weighted by Crippen LogP contribution is 2.15. The summed E-state index contributed by atoms with van der Waals surface area (Å²) >= 11 is 0. The molecule has 0 saturated carbocycles. The third-order valence-electron chi connectivity index (χ3n) is 1.76. The Balaban J connectivity index is 3.21. The molecule has 0 aliphatic carbocycles. The molecular formula is C9H10F2. The minimum Gasteiger partial charge on any atom is -0.246 e. The topological polar surface area (TPSA) is 0 Å². The van der Waals surface area contributed by atoms with Crippen LogP contribution >= 0.6 is 0 Å². The summed E-state index contributed by atoms with van der Waals surface area (Å²) < 4.78 is 24.9. The lowest BCUT2D eigenvalue weighted by Gasteiger charge is -2.03. The zero-order chi connectivity index (χ0) is 8.43. The molecule has 0 heterocycles. The van der Waals surface area contributed by atoms with Crippen molar-refractivity contribution < 1.29 is 8.78 Å². The van der Waals surface area contributed by atoms with E-state index in [1.807, 2.05) is 0 Å². The molecule has 0 fully saturated rings. The molecule has 0 aliphatic rings. The molecule has 2 heteroatoms. The van der Waals surface area contributed by atoms with E-state index in [1.54, 1.807) is 19.9 Å². The van der Waals surface area contributed by atoms with Gasteiger partial charge in [0, 0.05) is 0 Å². The number of benzene rings is 1. The van der Waals surface area contributed by atoms with Crippen molar-refractivity contribution in [1.82, 2.24) is 0 Å². The van der Waals surface area contributed by atoms with Crippen LogP contribution < -0.4 is 0 Å². The highest BCUT2D eigenvalue weighted by atomic mass is 19.1. The molecule has 11 heavy (non-hydrogen) atoms. The molecule has 0 atom stereocenters. The highest BCUT2D eigenvalue weighted by molar-refractivity contribution is 5.30. The molecule has 0 radical (unpaired) electrons. The van der Waals surface area contributed by atoms with Gasteiger partial charge in [-0.2, -0.15) is 0 Å². The van der Waals surface area contributed by atoms with Gasteiger partial charge in [0.1, 0.15) is 12.5 Å².